The number of rotatable bonds is 3. The molecular weight excluding hydrogens is 374 g/mol. The lowest BCUT2D eigenvalue weighted by Crippen LogP contribution is -2.31. The minimum atomic E-state index is -0.401. The molecule has 1 amide bonds. The predicted octanol–water partition coefficient (Wildman–Crippen LogP) is 4.48. The lowest BCUT2D eigenvalue weighted by molar-refractivity contribution is -0.113. The lowest BCUT2D eigenvalue weighted by Gasteiger charge is -2.29. The molecule has 0 spiro atoms. The van der Waals surface area contributed by atoms with Crippen LogP contribution in [0, 0.1) is 13.8 Å². The van der Waals surface area contributed by atoms with E-state index in [-0.39, 0.29) is 5.91 Å². The monoisotopic (exact) mass is 393 g/mol. The van der Waals surface area contributed by atoms with Crippen LogP contribution < -0.4 is 10.6 Å². The van der Waals surface area contributed by atoms with Crippen LogP contribution in [-0.4, -0.2) is 20.7 Å². The van der Waals surface area contributed by atoms with E-state index in [0.29, 0.717) is 16.5 Å². The van der Waals surface area contributed by atoms with Gasteiger partial charge >= 0.3 is 0 Å². The van der Waals surface area contributed by atoms with Gasteiger partial charge in [-0.25, -0.2) is 4.68 Å². The van der Waals surface area contributed by atoms with Gasteiger partial charge in [0.1, 0.15) is 12.4 Å². The molecule has 1 aromatic heterocycles. The van der Waals surface area contributed by atoms with E-state index in [1.165, 1.54) is 6.33 Å². The maximum absolute atomic E-state index is 13.3. The molecule has 0 saturated carbocycles. The molecule has 1 aliphatic rings. The Morgan fingerprint density at radius 1 is 1.14 bits per heavy atom. The zero-order valence-corrected chi connectivity index (χ0v) is 16.6. The Morgan fingerprint density at radius 3 is 2.61 bits per heavy atom. The third-order valence-electron chi connectivity index (χ3n) is 4.85. The Balaban J connectivity index is 1.76. The van der Waals surface area contributed by atoms with Gasteiger partial charge in [-0.2, -0.15) is 10.1 Å². The molecule has 0 unspecified atom stereocenters. The molecule has 0 fully saturated rings. The van der Waals surface area contributed by atoms with Crippen molar-refractivity contribution in [2.24, 2.45) is 0 Å². The normalized spacial score (nSPS) is 15.8. The van der Waals surface area contributed by atoms with Crippen LogP contribution in [0.4, 0.5) is 11.6 Å². The van der Waals surface area contributed by atoms with Crippen LogP contribution in [0.1, 0.15) is 29.7 Å². The molecule has 2 N–H and O–H groups in total. The summed E-state index contributed by atoms with van der Waals surface area (Å²) in [5.74, 6) is 0.415. The highest BCUT2D eigenvalue weighted by molar-refractivity contribution is 6.30. The largest absolute Gasteiger partial charge is 0.328 e. The fourth-order valence-corrected chi connectivity index (χ4v) is 3.61. The van der Waals surface area contributed by atoms with Gasteiger partial charge in [0.15, 0.2) is 0 Å². The van der Waals surface area contributed by atoms with Gasteiger partial charge in [0.2, 0.25) is 5.95 Å². The Kier molecular flexibility index (Phi) is 4.65. The Hall–Kier alpha value is -3.12. The molecule has 28 heavy (non-hydrogen) atoms. The number of carbonyl (C=O) groups is 1. The minimum Gasteiger partial charge on any atom is -0.328 e. The summed E-state index contributed by atoms with van der Waals surface area (Å²) in [7, 11) is 0. The Labute approximate surface area is 168 Å². The zero-order valence-electron chi connectivity index (χ0n) is 15.8. The first-order valence-electron chi connectivity index (χ1n) is 8.95. The number of hydrogen-bond acceptors (Lipinski definition) is 4. The number of aromatic nitrogens is 3. The maximum Gasteiger partial charge on any atom is 0.255 e. The van der Waals surface area contributed by atoms with E-state index in [4.69, 9.17) is 11.6 Å². The van der Waals surface area contributed by atoms with Gasteiger partial charge in [0, 0.05) is 16.4 Å². The second kappa shape index (κ2) is 7.13. The van der Waals surface area contributed by atoms with Crippen LogP contribution in [0.25, 0.3) is 0 Å². The van der Waals surface area contributed by atoms with E-state index in [0.717, 1.165) is 28.1 Å². The quantitative estimate of drug-likeness (QED) is 0.688. The van der Waals surface area contributed by atoms with Crippen molar-refractivity contribution in [2.45, 2.75) is 26.8 Å². The molecule has 1 aliphatic heterocycles. The van der Waals surface area contributed by atoms with Crippen molar-refractivity contribution >= 4 is 29.1 Å². The molecule has 0 radical (unpaired) electrons. The molecule has 2 heterocycles. The van der Waals surface area contributed by atoms with E-state index in [1.807, 2.05) is 63.2 Å². The summed E-state index contributed by atoms with van der Waals surface area (Å²) < 4.78 is 1.72. The third kappa shape index (κ3) is 3.27. The second-order valence-corrected chi connectivity index (χ2v) is 7.35. The molecule has 4 rings (SSSR count). The summed E-state index contributed by atoms with van der Waals surface area (Å²) in [5.41, 5.74) is 5.18. The van der Waals surface area contributed by atoms with Crippen LogP contribution in [-0.2, 0) is 4.79 Å². The summed E-state index contributed by atoms with van der Waals surface area (Å²) in [4.78, 5) is 17.6. The molecule has 1 atom stereocenters. The molecule has 0 saturated heterocycles. The first-order valence-corrected chi connectivity index (χ1v) is 9.33. The van der Waals surface area contributed by atoms with E-state index >= 15 is 0 Å². The number of nitrogens with zero attached hydrogens (tertiary/aromatic N) is 3. The SMILES string of the molecule is CC1=C(C(=O)Nc2ccc(C)cc2C)[C@H](c2ccc(Cl)cc2)n2ncnc2N1. The van der Waals surface area contributed by atoms with Gasteiger partial charge in [0.25, 0.3) is 5.91 Å². The van der Waals surface area contributed by atoms with Crippen molar-refractivity contribution in [2.75, 3.05) is 10.6 Å². The van der Waals surface area contributed by atoms with Crippen molar-refractivity contribution in [3.63, 3.8) is 0 Å². The highest BCUT2D eigenvalue weighted by Gasteiger charge is 2.33. The molecule has 7 heteroatoms. The van der Waals surface area contributed by atoms with Gasteiger partial charge < -0.3 is 10.6 Å². The number of amides is 1. The molecule has 6 nitrogen and oxygen atoms in total. The number of benzene rings is 2. The first-order chi connectivity index (χ1) is 13.4. The highest BCUT2D eigenvalue weighted by Crippen LogP contribution is 2.35. The van der Waals surface area contributed by atoms with Crippen LogP contribution in [0.2, 0.25) is 5.02 Å². The molecule has 142 valence electrons. The fraction of sp³-hybridized carbons (Fsp3) is 0.190. The van der Waals surface area contributed by atoms with Gasteiger partial charge in [-0.1, -0.05) is 41.4 Å². The first kappa shape index (κ1) is 18.3. The zero-order chi connectivity index (χ0) is 19.8. The number of carbonyl (C=O) groups excluding carboxylic acids is 1. The number of nitrogens with one attached hydrogen (secondary N) is 2. The summed E-state index contributed by atoms with van der Waals surface area (Å²) >= 11 is 6.06. The van der Waals surface area contributed by atoms with Crippen molar-refractivity contribution in [3.8, 4) is 0 Å². The average molecular weight is 394 g/mol. The van der Waals surface area contributed by atoms with Crippen LogP contribution in [0.5, 0.6) is 0 Å². The van der Waals surface area contributed by atoms with Gasteiger partial charge in [-0.05, 0) is 50.1 Å². The maximum atomic E-state index is 13.3. The summed E-state index contributed by atoms with van der Waals surface area (Å²) in [6.45, 7) is 5.88. The highest BCUT2D eigenvalue weighted by atomic mass is 35.5. The summed E-state index contributed by atoms with van der Waals surface area (Å²) in [6.07, 6.45) is 1.48. The number of allylic oxidation sites excluding steroid dienone is 1. The van der Waals surface area contributed by atoms with E-state index in [9.17, 15) is 4.79 Å². The second-order valence-electron chi connectivity index (χ2n) is 6.92. The molecule has 3 aromatic rings. The van der Waals surface area contributed by atoms with Crippen LogP contribution >= 0.6 is 11.6 Å². The molecule has 2 aromatic carbocycles. The topological polar surface area (TPSA) is 71.8 Å². The standard InChI is InChI=1S/C21H20ClN5O/c1-12-4-9-17(13(2)10-12)26-20(28)18-14(3)25-21-23-11-24-27(21)19(18)15-5-7-16(22)8-6-15/h4-11,19H,1-3H3,(H,26,28)(H,23,24,25)/t19-/m0/s1. The molecule has 0 aliphatic carbocycles. The van der Waals surface area contributed by atoms with Gasteiger partial charge in [-0.15, -0.1) is 0 Å². The van der Waals surface area contributed by atoms with Crippen molar-refractivity contribution < 1.29 is 4.79 Å². The number of fused-ring (bicyclic) bond motifs is 1. The molecule has 0 bridgehead atoms. The van der Waals surface area contributed by atoms with Crippen LogP contribution in [0.15, 0.2) is 60.1 Å². The van der Waals surface area contributed by atoms with E-state index in [1.54, 1.807) is 4.68 Å². The lowest BCUT2D eigenvalue weighted by atomic mass is 9.95. The summed E-state index contributed by atoms with van der Waals surface area (Å²) in [6, 6.07) is 13.0. The molecular formula is C21H20ClN5O. The minimum absolute atomic E-state index is 0.182. The van der Waals surface area contributed by atoms with Crippen molar-refractivity contribution in [3.05, 3.63) is 81.8 Å². The number of anilines is 2. The van der Waals surface area contributed by atoms with Crippen molar-refractivity contribution in [1.29, 1.82) is 0 Å². The fourth-order valence-electron chi connectivity index (χ4n) is 3.48. The smallest absolute Gasteiger partial charge is 0.255 e. The average Bonchev–Trinajstić information content (AvgIpc) is 3.11. The predicted molar refractivity (Wildman–Crippen MR) is 110 cm³/mol. The van der Waals surface area contributed by atoms with E-state index < -0.39 is 6.04 Å². The number of aryl methyl sites for hydroxylation is 2. The Bertz CT molecular complexity index is 1080. The van der Waals surface area contributed by atoms with Gasteiger partial charge in [0.05, 0.1) is 5.57 Å². The van der Waals surface area contributed by atoms with Gasteiger partial charge in [-0.3, -0.25) is 4.79 Å². The number of halogens is 1. The third-order valence-corrected chi connectivity index (χ3v) is 5.11. The van der Waals surface area contributed by atoms with Crippen LogP contribution in [0.3, 0.4) is 0 Å². The summed E-state index contributed by atoms with van der Waals surface area (Å²) in [5, 5.41) is 11.2. The Morgan fingerprint density at radius 2 is 1.89 bits per heavy atom. The van der Waals surface area contributed by atoms with E-state index in [2.05, 4.69) is 20.7 Å². The van der Waals surface area contributed by atoms with Crippen molar-refractivity contribution in [1.82, 2.24) is 14.8 Å². The number of hydrogen-bond donors (Lipinski definition) is 2.